The maximum absolute atomic E-state index is 11.8. The molecule has 15 heavy (non-hydrogen) atoms. The molecule has 4 nitrogen and oxygen atoms in total. The van der Waals surface area contributed by atoms with Crippen molar-refractivity contribution in [2.24, 2.45) is 11.7 Å². The molecule has 0 spiro atoms. The molecule has 1 aliphatic carbocycles. The van der Waals surface area contributed by atoms with Crippen molar-refractivity contribution in [3.8, 4) is 0 Å². The van der Waals surface area contributed by atoms with Crippen molar-refractivity contribution in [3.63, 3.8) is 0 Å². The first-order chi connectivity index (χ1) is 6.88. The summed E-state index contributed by atoms with van der Waals surface area (Å²) in [7, 11) is 0. The van der Waals surface area contributed by atoms with Gasteiger partial charge in [0.25, 0.3) is 0 Å². The van der Waals surface area contributed by atoms with E-state index in [1.807, 2.05) is 25.7 Å². The summed E-state index contributed by atoms with van der Waals surface area (Å²) in [4.78, 5) is 13.7. The van der Waals surface area contributed by atoms with E-state index in [1.54, 1.807) is 0 Å². The molecule has 2 fully saturated rings. The molecule has 1 aliphatic heterocycles. The minimum atomic E-state index is -0.414. The van der Waals surface area contributed by atoms with Crippen molar-refractivity contribution in [1.29, 1.82) is 0 Å². The van der Waals surface area contributed by atoms with E-state index >= 15 is 0 Å². The number of rotatable bonds is 0. The number of nitrogens with zero attached hydrogens (tertiary/aromatic N) is 1. The number of fused-ring (bicyclic) bond motifs is 1. The van der Waals surface area contributed by atoms with E-state index in [4.69, 9.17) is 10.5 Å². The molecule has 4 heteroatoms. The van der Waals surface area contributed by atoms with Gasteiger partial charge in [-0.1, -0.05) is 0 Å². The Morgan fingerprint density at radius 3 is 2.67 bits per heavy atom. The quantitative estimate of drug-likeness (QED) is 0.659. The first kappa shape index (κ1) is 10.7. The average molecular weight is 212 g/mol. The number of carbonyl (C=O) groups is 1. The largest absolute Gasteiger partial charge is 0.444 e. The standard InChI is InChI=1S/C11H20N2O2/c1-11(2,3)15-10(14)13-5-4-7-6-8(12)9(7)13/h7-9H,4-6,12H2,1-3H3/t7-,8-,9+/m1/s1. The number of ether oxygens (including phenoxy) is 1. The van der Waals surface area contributed by atoms with Gasteiger partial charge in [-0.15, -0.1) is 0 Å². The summed E-state index contributed by atoms with van der Waals surface area (Å²) in [5, 5.41) is 0. The number of likely N-dealkylation sites (tertiary alicyclic amines) is 1. The third kappa shape index (κ3) is 1.95. The molecule has 0 radical (unpaired) electrons. The third-order valence-electron chi connectivity index (χ3n) is 3.23. The fourth-order valence-electron chi connectivity index (χ4n) is 2.54. The van der Waals surface area contributed by atoms with Gasteiger partial charge in [0.2, 0.25) is 0 Å². The minimum Gasteiger partial charge on any atom is -0.444 e. The molecule has 0 aromatic carbocycles. The first-order valence-corrected chi connectivity index (χ1v) is 5.64. The molecule has 2 aliphatic rings. The zero-order valence-corrected chi connectivity index (χ0v) is 9.69. The van der Waals surface area contributed by atoms with Crippen LogP contribution in [0.2, 0.25) is 0 Å². The topological polar surface area (TPSA) is 55.6 Å². The summed E-state index contributed by atoms with van der Waals surface area (Å²) >= 11 is 0. The van der Waals surface area contributed by atoms with Gasteiger partial charge in [0.15, 0.2) is 0 Å². The van der Waals surface area contributed by atoms with Gasteiger partial charge in [-0.05, 0) is 39.5 Å². The van der Waals surface area contributed by atoms with E-state index in [0.29, 0.717) is 5.92 Å². The molecular formula is C11H20N2O2. The van der Waals surface area contributed by atoms with Crippen LogP contribution in [0.3, 0.4) is 0 Å². The first-order valence-electron chi connectivity index (χ1n) is 5.64. The van der Waals surface area contributed by atoms with E-state index in [-0.39, 0.29) is 18.2 Å². The highest BCUT2D eigenvalue weighted by Gasteiger charge is 2.49. The van der Waals surface area contributed by atoms with Crippen LogP contribution in [0.15, 0.2) is 0 Å². The number of nitrogens with two attached hydrogens (primary N) is 1. The van der Waals surface area contributed by atoms with Crippen molar-refractivity contribution < 1.29 is 9.53 Å². The van der Waals surface area contributed by atoms with Crippen molar-refractivity contribution in [2.45, 2.75) is 51.3 Å². The molecule has 1 saturated carbocycles. The highest BCUT2D eigenvalue weighted by Crippen LogP contribution is 2.39. The summed E-state index contributed by atoms with van der Waals surface area (Å²) in [6.45, 7) is 6.47. The summed E-state index contributed by atoms with van der Waals surface area (Å²) in [6, 6.07) is 0.393. The molecule has 1 heterocycles. The van der Waals surface area contributed by atoms with Gasteiger partial charge < -0.3 is 15.4 Å². The van der Waals surface area contributed by atoms with Crippen LogP contribution in [-0.2, 0) is 4.74 Å². The Bertz CT molecular complexity index is 272. The Morgan fingerprint density at radius 1 is 1.47 bits per heavy atom. The monoisotopic (exact) mass is 212 g/mol. The molecule has 2 rings (SSSR count). The van der Waals surface area contributed by atoms with Crippen LogP contribution < -0.4 is 5.73 Å². The number of hydrogen-bond donors (Lipinski definition) is 1. The summed E-state index contributed by atoms with van der Waals surface area (Å²) in [5.41, 5.74) is 5.49. The van der Waals surface area contributed by atoms with E-state index in [0.717, 1.165) is 19.4 Å². The lowest BCUT2D eigenvalue weighted by atomic mass is 9.76. The number of amides is 1. The lowest BCUT2D eigenvalue weighted by Gasteiger charge is -2.42. The maximum Gasteiger partial charge on any atom is 0.410 e. The van der Waals surface area contributed by atoms with Gasteiger partial charge in [0.05, 0.1) is 6.04 Å². The smallest absolute Gasteiger partial charge is 0.410 e. The molecule has 0 bridgehead atoms. The molecule has 86 valence electrons. The Kier molecular flexibility index (Phi) is 2.41. The number of hydrogen-bond acceptors (Lipinski definition) is 3. The highest BCUT2D eigenvalue weighted by molar-refractivity contribution is 5.69. The van der Waals surface area contributed by atoms with Crippen molar-refractivity contribution >= 4 is 6.09 Å². The second-order valence-electron chi connectivity index (χ2n) is 5.61. The van der Waals surface area contributed by atoms with E-state index in [2.05, 4.69) is 0 Å². The third-order valence-corrected chi connectivity index (χ3v) is 3.23. The Hall–Kier alpha value is -0.770. The predicted octanol–water partition coefficient (Wildman–Crippen LogP) is 1.34. The summed E-state index contributed by atoms with van der Waals surface area (Å²) in [5.74, 6) is 0.618. The van der Waals surface area contributed by atoms with E-state index in [9.17, 15) is 4.79 Å². The van der Waals surface area contributed by atoms with Gasteiger partial charge in [-0.2, -0.15) is 0 Å². The van der Waals surface area contributed by atoms with Crippen LogP contribution in [0, 0.1) is 5.92 Å². The normalized spacial score (nSPS) is 34.7. The lowest BCUT2D eigenvalue weighted by molar-refractivity contribution is 0.00928. The maximum atomic E-state index is 11.8. The zero-order chi connectivity index (χ0) is 11.2. The molecule has 1 saturated heterocycles. The minimum absolute atomic E-state index is 0.157. The molecule has 2 N–H and O–H groups in total. The Balaban J connectivity index is 1.97. The lowest BCUT2D eigenvalue weighted by Crippen LogP contribution is -2.58. The molecule has 0 aromatic heterocycles. The SMILES string of the molecule is CC(C)(C)OC(=O)N1CC[C@@H]2C[C@@H](N)[C@H]21. The number of carbonyl (C=O) groups excluding carboxylic acids is 1. The molecule has 0 unspecified atom stereocenters. The summed E-state index contributed by atoms with van der Waals surface area (Å²) in [6.07, 6.45) is 1.94. The second-order valence-corrected chi connectivity index (χ2v) is 5.61. The van der Waals surface area contributed by atoms with Crippen LogP contribution in [0.5, 0.6) is 0 Å². The Morgan fingerprint density at radius 2 is 2.13 bits per heavy atom. The average Bonchev–Trinajstić information content (AvgIpc) is 2.38. The van der Waals surface area contributed by atoms with Gasteiger partial charge >= 0.3 is 6.09 Å². The van der Waals surface area contributed by atoms with Gasteiger partial charge in [-0.3, -0.25) is 0 Å². The Labute approximate surface area is 90.8 Å². The molecule has 0 aromatic rings. The van der Waals surface area contributed by atoms with E-state index < -0.39 is 5.60 Å². The molecule has 1 amide bonds. The van der Waals surface area contributed by atoms with Crippen molar-refractivity contribution in [1.82, 2.24) is 4.90 Å². The zero-order valence-electron chi connectivity index (χ0n) is 9.69. The highest BCUT2D eigenvalue weighted by atomic mass is 16.6. The van der Waals surface area contributed by atoms with Crippen molar-refractivity contribution in [3.05, 3.63) is 0 Å². The molecular weight excluding hydrogens is 192 g/mol. The fourth-order valence-corrected chi connectivity index (χ4v) is 2.54. The van der Waals surface area contributed by atoms with Gasteiger partial charge in [-0.25, -0.2) is 4.79 Å². The van der Waals surface area contributed by atoms with Crippen molar-refractivity contribution in [2.75, 3.05) is 6.54 Å². The van der Waals surface area contributed by atoms with Crippen LogP contribution in [0.4, 0.5) is 4.79 Å². The van der Waals surface area contributed by atoms with Crippen LogP contribution in [0.1, 0.15) is 33.6 Å². The van der Waals surface area contributed by atoms with Crippen LogP contribution in [0.25, 0.3) is 0 Å². The van der Waals surface area contributed by atoms with Crippen LogP contribution >= 0.6 is 0 Å². The van der Waals surface area contributed by atoms with Crippen LogP contribution in [-0.4, -0.2) is 35.2 Å². The fraction of sp³-hybridized carbons (Fsp3) is 0.909. The molecule has 3 atom stereocenters. The van der Waals surface area contributed by atoms with Gasteiger partial charge in [0, 0.05) is 12.6 Å². The predicted molar refractivity (Wildman–Crippen MR) is 57.4 cm³/mol. The van der Waals surface area contributed by atoms with Gasteiger partial charge in [0.1, 0.15) is 5.60 Å². The van der Waals surface area contributed by atoms with E-state index in [1.165, 1.54) is 0 Å². The summed E-state index contributed by atoms with van der Waals surface area (Å²) < 4.78 is 5.35. The second kappa shape index (κ2) is 3.37.